The number of nitro benzene ring substituents is 1. The van der Waals surface area contributed by atoms with Gasteiger partial charge in [0, 0.05) is 38.7 Å². The average molecular weight is 578 g/mol. The lowest BCUT2D eigenvalue weighted by Crippen LogP contribution is -2.48. The Morgan fingerprint density at radius 3 is 2.14 bits per heavy atom. The molecule has 3 aromatic carbocycles. The zero-order valence-electron chi connectivity index (χ0n) is 23.1. The van der Waals surface area contributed by atoms with Crippen LogP contribution in [-0.4, -0.2) is 70.3 Å². The zero-order chi connectivity index (χ0) is 30.1. The van der Waals surface area contributed by atoms with Crippen LogP contribution >= 0.6 is 0 Å². The second-order valence-corrected chi connectivity index (χ2v) is 10.1. The first kappa shape index (κ1) is 30.6. The highest BCUT2D eigenvalue weighted by Gasteiger charge is 2.26. The van der Waals surface area contributed by atoms with Crippen molar-refractivity contribution in [2.45, 2.75) is 25.3 Å². The van der Waals surface area contributed by atoms with E-state index in [1.54, 1.807) is 36.4 Å². The Morgan fingerprint density at radius 2 is 1.60 bits per heavy atom. The fraction of sp³-hybridized carbons (Fsp3) is 0.323. The maximum Gasteiger partial charge on any atom is 0.338 e. The number of primary amides is 1. The van der Waals surface area contributed by atoms with Gasteiger partial charge in [-0.1, -0.05) is 42.2 Å². The molecule has 1 aliphatic rings. The lowest BCUT2D eigenvalue weighted by molar-refractivity contribution is -0.385. The third-order valence-corrected chi connectivity index (χ3v) is 7.27. The molecule has 0 spiro atoms. The number of nitrogens with zero attached hydrogens (tertiary/aromatic N) is 4. The van der Waals surface area contributed by atoms with Gasteiger partial charge in [0.15, 0.2) is 0 Å². The summed E-state index contributed by atoms with van der Waals surface area (Å²) in [4.78, 5) is 26.7. The van der Waals surface area contributed by atoms with Gasteiger partial charge < -0.3 is 10.6 Å². The van der Waals surface area contributed by atoms with E-state index in [4.69, 9.17) is 5.73 Å². The zero-order valence-corrected chi connectivity index (χ0v) is 23.1. The van der Waals surface area contributed by atoms with Gasteiger partial charge >= 0.3 is 6.03 Å². The highest BCUT2D eigenvalue weighted by Crippen LogP contribution is 2.30. The molecule has 1 saturated heterocycles. The molecule has 11 heteroatoms. The molecule has 0 aliphatic carbocycles. The number of amides is 2. The summed E-state index contributed by atoms with van der Waals surface area (Å²) >= 11 is 0. The number of carbonyl (C=O) groups is 1. The van der Waals surface area contributed by atoms with Crippen LogP contribution in [0.3, 0.4) is 0 Å². The Labute approximate surface area is 243 Å². The minimum atomic E-state index is -0.992. The largest absolute Gasteiger partial charge is 0.350 e. The summed E-state index contributed by atoms with van der Waals surface area (Å²) in [5.74, 6) is 4.85. The van der Waals surface area contributed by atoms with Crippen LogP contribution in [0, 0.1) is 33.6 Å². The Balaban J connectivity index is 1.32. The van der Waals surface area contributed by atoms with Crippen molar-refractivity contribution < 1.29 is 23.7 Å². The number of halogens is 2. The van der Waals surface area contributed by atoms with Crippen molar-refractivity contribution in [1.29, 1.82) is 0 Å². The number of urea groups is 1. The van der Waals surface area contributed by atoms with E-state index in [-0.39, 0.29) is 41.9 Å². The van der Waals surface area contributed by atoms with Crippen molar-refractivity contribution in [3.63, 3.8) is 0 Å². The van der Waals surface area contributed by atoms with Crippen LogP contribution in [0.5, 0.6) is 0 Å². The molecular weight excluding hydrogens is 544 g/mol. The van der Waals surface area contributed by atoms with E-state index >= 15 is 0 Å². The van der Waals surface area contributed by atoms with Crippen LogP contribution in [0.1, 0.15) is 41.1 Å². The second kappa shape index (κ2) is 14.5. The molecule has 0 bridgehead atoms. The molecule has 0 aromatic heterocycles. The van der Waals surface area contributed by atoms with Gasteiger partial charge in [-0.2, -0.15) is 0 Å². The minimum Gasteiger partial charge on any atom is -0.350 e. The van der Waals surface area contributed by atoms with Gasteiger partial charge in [-0.05, 0) is 66.4 Å². The van der Waals surface area contributed by atoms with Crippen molar-refractivity contribution in [3.05, 3.63) is 111 Å². The van der Waals surface area contributed by atoms with E-state index in [1.165, 1.54) is 24.3 Å². The molecule has 0 radical (unpaired) electrons. The number of nitro groups is 1. The summed E-state index contributed by atoms with van der Waals surface area (Å²) in [5, 5.41) is 21.2. The van der Waals surface area contributed by atoms with Gasteiger partial charge in [0.2, 0.25) is 0 Å². The molecule has 1 heterocycles. The first-order valence-electron chi connectivity index (χ1n) is 13.7. The minimum absolute atomic E-state index is 0.0861. The molecule has 0 atom stereocenters. The molecule has 4 rings (SSSR count). The van der Waals surface area contributed by atoms with Crippen LogP contribution in [0.15, 0.2) is 66.7 Å². The van der Waals surface area contributed by atoms with Crippen molar-refractivity contribution in [1.82, 2.24) is 14.9 Å². The highest BCUT2D eigenvalue weighted by molar-refractivity contribution is 5.70. The molecule has 220 valence electrons. The van der Waals surface area contributed by atoms with Gasteiger partial charge in [-0.25, -0.2) is 18.6 Å². The van der Waals surface area contributed by atoms with E-state index in [9.17, 15) is 28.9 Å². The Bertz CT molecular complexity index is 1390. The maximum absolute atomic E-state index is 13.6. The summed E-state index contributed by atoms with van der Waals surface area (Å²) in [6.45, 7) is 3.96. The summed E-state index contributed by atoms with van der Waals surface area (Å²) < 4.78 is 27.2. The normalized spacial score (nSPS) is 13.9. The van der Waals surface area contributed by atoms with Crippen LogP contribution in [0.4, 0.5) is 19.3 Å². The summed E-state index contributed by atoms with van der Waals surface area (Å²) in [6, 6.07) is 16.8. The van der Waals surface area contributed by atoms with E-state index in [0.29, 0.717) is 11.5 Å². The number of nitrogens with two attached hydrogens (primary N) is 1. The number of piperazine rings is 1. The van der Waals surface area contributed by atoms with Crippen molar-refractivity contribution in [2.24, 2.45) is 5.73 Å². The maximum atomic E-state index is 13.6. The van der Waals surface area contributed by atoms with E-state index in [1.807, 2.05) is 6.07 Å². The molecule has 0 unspecified atom stereocenters. The number of hydrogen-bond acceptors (Lipinski definition) is 6. The Hall–Kier alpha value is -4.37. The molecule has 3 N–H and O–H groups in total. The molecule has 9 nitrogen and oxygen atoms in total. The van der Waals surface area contributed by atoms with Gasteiger partial charge in [0.05, 0.1) is 17.5 Å². The molecular formula is C31H33F2N5O4. The standard InChI is InChI=1S/C31H33F2N5O4/c32-27-12-8-25(9-13-27)30(26-10-14-28(33)15-11-26)36-20-18-35(19-21-36)16-3-4-23-6-7-24(29(22-23)38(41)42)5-1-2-17-37(40)31(34)39/h6-15,22,30,40H,2-4,16-21H2,(H2,34,39). The molecule has 42 heavy (non-hydrogen) atoms. The van der Waals surface area contributed by atoms with E-state index < -0.39 is 11.0 Å². The van der Waals surface area contributed by atoms with Crippen molar-refractivity contribution in [3.8, 4) is 11.8 Å². The van der Waals surface area contributed by atoms with Crippen LogP contribution in [0.25, 0.3) is 0 Å². The lowest BCUT2D eigenvalue weighted by Gasteiger charge is -2.40. The molecule has 0 saturated carbocycles. The fourth-order valence-corrected chi connectivity index (χ4v) is 5.08. The summed E-state index contributed by atoms with van der Waals surface area (Å²) in [7, 11) is 0. The number of benzene rings is 3. The predicted octanol–water partition coefficient (Wildman–Crippen LogP) is 4.72. The van der Waals surface area contributed by atoms with Crippen LogP contribution < -0.4 is 5.73 Å². The van der Waals surface area contributed by atoms with Crippen LogP contribution in [0.2, 0.25) is 0 Å². The smallest absolute Gasteiger partial charge is 0.338 e. The highest BCUT2D eigenvalue weighted by atomic mass is 19.1. The molecule has 1 aliphatic heterocycles. The molecule has 1 fully saturated rings. The number of hydrogen-bond donors (Lipinski definition) is 2. The SMILES string of the molecule is NC(=O)N(O)CCC#Cc1ccc(CCCN2CCN(C(c3ccc(F)cc3)c3ccc(F)cc3)CC2)cc1[N+](=O)[O-]. The van der Waals surface area contributed by atoms with E-state index in [0.717, 1.165) is 55.8 Å². The van der Waals surface area contributed by atoms with Crippen molar-refractivity contribution >= 4 is 11.7 Å². The molecule has 3 aromatic rings. The fourth-order valence-electron chi connectivity index (χ4n) is 5.08. The van der Waals surface area contributed by atoms with Gasteiger partial charge in [0.1, 0.15) is 17.2 Å². The Morgan fingerprint density at radius 1 is 1.00 bits per heavy atom. The van der Waals surface area contributed by atoms with Gasteiger partial charge in [0.25, 0.3) is 5.69 Å². The first-order valence-corrected chi connectivity index (χ1v) is 13.7. The topological polar surface area (TPSA) is 116 Å². The van der Waals surface area contributed by atoms with Crippen LogP contribution in [-0.2, 0) is 6.42 Å². The Kier molecular flexibility index (Phi) is 10.6. The number of hydroxylamine groups is 2. The summed E-state index contributed by atoms with van der Waals surface area (Å²) in [6.07, 6.45) is 1.60. The molecule has 2 amide bonds. The average Bonchev–Trinajstić information content (AvgIpc) is 2.98. The monoisotopic (exact) mass is 577 g/mol. The van der Waals surface area contributed by atoms with Gasteiger partial charge in [-0.3, -0.25) is 20.2 Å². The third-order valence-electron chi connectivity index (χ3n) is 7.27. The van der Waals surface area contributed by atoms with Gasteiger partial charge in [-0.15, -0.1) is 0 Å². The lowest BCUT2D eigenvalue weighted by atomic mass is 9.96. The number of aryl methyl sites for hydroxylation is 1. The second-order valence-electron chi connectivity index (χ2n) is 10.1. The number of rotatable bonds is 10. The van der Waals surface area contributed by atoms with E-state index in [2.05, 4.69) is 21.6 Å². The predicted molar refractivity (Wildman–Crippen MR) is 154 cm³/mol. The van der Waals surface area contributed by atoms with Crippen molar-refractivity contribution in [2.75, 3.05) is 39.3 Å². The quantitative estimate of drug-likeness (QED) is 0.156. The first-order chi connectivity index (χ1) is 20.2. The summed E-state index contributed by atoms with van der Waals surface area (Å²) in [5.41, 5.74) is 7.86. The number of carbonyl (C=O) groups excluding carboxylic acids is 1. The third kappa shape index (κ3) is 8.33.